The molecule has 0 radical (unpaired) electrons. The van der Waals surface area contributed by atoms with Gasteiger partial charge in [-0.2, -0.15) is 0 Å². The summed E-state index contributed by atoms with van der Waals surface area (Å²) in [6.45, 7) is 7.14. The van der Waals surface area contributed by atoms with Crippen molar-refractivity contribution in [3.05, 3.63) is 33.8 Å². The van der Waals surface area contributed by atoms with Crippen LogP contribution in [0.15, 0.2) is 18.2 Å². The smallest absolute Gasteiger partial charge is 0.407 e. The molecule has 8 heteroatoms. The molecule has 1 aromatic carbocycles. The Hall–Kier alpha value is -1.50. The van der Waals surface area contributed by atoms with Gasteiger partial charge in [0.25, 0.3) is 0 Å². The summed E-state index contributed by atoms with van der Waals surface area (Å²) in [6.07, 6.45) is 2.13. The van der Waals surface area contributed by atoms with Crippen molar-refractivity contribution in [1.29, 1.82) is 0 Å². The van der Waals surface area contributed by atoms with Crippen LogP contribution in [-0.2, 0) is 16.1 Å². The fraction of sp³-hybridized carbons (Fsp3) is 0.619. The molecular formula is C21H29Cl2N3O3. The minimum atomic E-state index is -0.555. The van der Waals surface area contributed by atoms with Crippen LogP contribution in [0.5, 0.6) is 0 Å². The Morgan fingerprint density at radius 3 is 2.62 bits per heavy atom. The molecule has 2 aliphatic rings. The van der Waals surface area contributed by atoms with Crippen LogP contribution in [0, 0.1) is 5.92 Å². The monoisotopic (exact) mass is 441 g/mol. The summed E-state index contributed by atoms with van der Waals surface area (Å²) in [5.74, 6) is -0.117. The summed E-state index contributed by atoms with van der Waals surface area (Å²) < 4.78 is 5.33. The van der Waals surface area contributed by atoms with E-state index in [-0.39, 0.29) is 23.9 Å². The van der Waals surface area contributed by atoms with Crippen molar-refractivity contribution in [2.24, 2.45) is 5.92 Å². The number of halogens is 2. The van der Waals surface area contributed by atoms with E-state index in [2.05, 4.69) is 10.6 Å². The molecule has 1 aliphatic heterocycles. The fourth-order valence-electron chi connectivity index (χ4n) is 3.58. The van der Waals surface area contributed by atoms with Gasteiger partial charge in [0.2, 0.25) is 5.91 Å². The van der Waals surface area contributed by atoms with Crippen LogP contribution in [0.1, 0.15) is 45.6 Å². The van der Waals surface area contributed by atoms with Crippen LogP contribution >= 0.6 is 23.2 Å². The molecule has 2 atom stereocenters. The van der Waals surface area contributed by atoms with Crippen LogP contribution < -0.4 is 10.6 Å². The summed E-state index contributed by atoms with van der Waals surface area (Å²) >= 11 is 12.5. The number of rotatable bonds is 5. The molecule has 29 heavy (non-hydrogen) atoms. The number of nitrogens with one attached hydrogen (secondary N) is 2. The number of carbonyl (C=O) groups is 2. The molecule has 0 aromatic heterocycles. The first-order chi connectivity index (χ1) is 13.6. The highest BCUT2D eigenvalue weighted by Crippen LogP contribution is 2.33. The van der Waals surface area contributed by atoms with Gasteiger partial charge < -0.3 is 20.3 Å². The Morgan fingerprint density at radius 2 is 1.97 bits per heavy atom. The molecule has 0 unspecified atom stereocenters. The first-order valence-corrected chi connectivity index (χ1v) is 10.8. The molecule has 1 aliphatic carbocycles. The number of nitrogens with zero attached hydrogens (tertiary/aromatic N) is 1. The van der Waals surface area contributed by atoms with Crippen LogP contribution in [0.3, 0.4) is 0 Å². The first-order valence-electron chi connectivity index (χ1n) is 10.1. The van der Waals surface area contributed by atoms with Crippen LogP contribution in [-0.4, -0.2) is 47.7 Å². The SMILES string of the molecule is CC(C)(C)OC(=O)N[C@H]1CNC[C@H](C(=O)N(Cc2cccc(Cl)c2Cl)C2CC2)C1. The van der Waals surface area contributed by atoms with Gasteiger partial charge in [-0.1, -0.05) is 35.3 Å². The molecule has 2 fully saturated rings. The minimum absolute atomic E-state index is 0.0896. The van der Waals surface area contributed by atoms with Gasteiger partial charge in [-0.25, -0.2) is 4.79 Å². The third kappa shape index (κ3) is 6.24. The third-order valence-corrected chi connectivity index (χ3v) is 5.92. The molecule has 6 nitrogen and oxygen atoms in total. The number of hydrogen-bond acceptors (Lipinski definition) is 4. The number of benzene rings is 1. The highest BCUT2D eigenvalue weighted by atomic mass is 35.5. The Morgan fingerprint density at radius 1 is 1.24 bits per heavy atom. The lowest BCUT2D eigenvalue weighted by Gasteiger charge is -2.34. The van der Waals surface area contributed by atoms with E-state index in [0.717, 1.165) is 18.4 Å². The van der Waals surface area contributed by atoms with Crippen LogP contribution in [0.2, 0.25) is 10.0 Å². The van der Waals surface area contributed by atoms with E-state index >= 15 is 0 Å². The van der Waals surface area contributed by atoms with Crippen molar-refractivity contribution in [3.63, 3.8) is 0 Å². The lowest BCUT2D eigenvalue weighted by molar-refractivity contribution is -0.137. The predicted octanol–water partition coefficient (Wildman–Crippen LogP) is 3.99. The summed E-state index contributed by atoms with van der Waals surface area (Å²) in [4.78, 5) is 27.3. The van der Waals surface area contributed by atoms with Gasteiger partial charge in [0.15, 0.2) is 0 Å². The molecule has 0 spiro atoms. The molecule has 1 saturated heterocycles. The van der Waals surface area contributed by atoms with E-state index in [1.54, 1.807) is 6.07 Å². The standard InChI is InChI=1S/C21H29Cl2N3O3/c1-21(2,3)29-20(28)25-15-9-14(10-24-11-15)19(27)26(16-7-8-16)12-13-5-4-6-17(22)18(13)23/h4-6,14-16,24H,7-12H2,1-3H3,(H,25,28)/t14-,15-/m1/s1. The lowest BCUT2D eigenvalue weighted by atomic mass is 9.94. The Balaban J connectivity index is 1.64. The van der Waals surface area contributed by atoms with E-state index in [1.165, 1.54) is 0 Å². The number of amides is 2. The van der Waals surface area contributed by atoms with Crippen molar-refractivity contribution in [2.75, 3.05) is 13.1 Å². The van der Waals surface area contributed by atoms with E-state index in [9.17, 15) is 9.59 Å². The molecule has 3 rings (SSSR count). The van der Waals surface area contributed by atoms with Crippen LogP contribution in [0.25, 0.3) is 0 Å². The van der Waals surface area contributed by atoms with Crippen molar-refractivity contribution >= 4 is 35.2 Å². The van der Waals surface area contributed by atoms with Gasteiger partial charge in [-0.3, -0.25) is 4.79 Å². The third-order valence-electron chi connectivity index (χ3n) is 5.06. The maximum Gasteiger partial charge on any atom is 0.407 e. The second-order valence-electron chi connectivity index (χ2n) is 8.84. The maximum atomic E-state index is 13.3. The quantitative estimate of drug-likeness (QED) is 0.724. The van der Waals surface area contributed by atoms with Gasteiger partial charge in [0, 0.05) is 31.7 Å². The first kappa shape index (κ1) is 22.2. The zero-order chi connectivity index (χ0) is 21.2. The van der Waals surface area contributed by atoms with Crippen LogP contribution in [0.4, 0.5) is 4.79 Å². The lowest BCUT2D eigenvalue weighted by Crippen LogP contribution is -2.53. The van der Waals surface area contributed by atoms with Crippen molar-refractivity contribution in [1.82, 2.24) is 15.5 Å². The molecule has 0 bridgehead atoms. The predicted molar refractivity (Wildman–Crippen MR) is 114 cm³/mol. The fourth-order valence-corrected chi connectivity index (χ4v) is 3.96. The van der Waals surface area contributed by atoms with E-state index in [0.29, 0.717) is 36.1 Å². The zero-order valence-electron chi connectivity index (χ0n) is 17.1. The minimum Gasteiger partial charge on any atom is -0.444 e. The average Bonchev–Trinajstić information content (AvgIpc) is 3.46. The van der Waals surface area contributed by atoms with E-state index in [1.807, 2.05) is 37.8 Å². The van der Waals surface area contributed by atoms with Crippen molar-refractivity contribution < 1.29 is 14.3 Å². The Labute approximate surface area is 182 Å². The highest BCUT2D eigenvalue weighted by Gasteiger charge is 2.38. The summed E-state index contributed by atoms with van der Waals surface area (Å²) in [7, 11) is 0. The number of carbonyl (C=O) groups excluding carboxylic acids is 2. The summed E-state index contributed by atoms with van der Waals surface area (Å²) in [5, 5.41) is 7.14. The van der Waals surface area contributed by atoms with Gasteiger partial charge in [0.1, 0.15) is 5.60 Å². The molecule has 160 valence electrons. The Bertz CT molecular complexity index is 762. The van der Waals surface area contributed by atoms with Gasteiger partial charge in [-0.05, 0) is 51.7 Å². The van der Waals surface area contributed by atoms with E-state index in [4.69, 9.17) is 27.9 Å². The highest BCUT2D eigenvalue weighted by molar-refractivity contribution is 6.42. The largest absolute Gasteiger partial charge is 0.444 e. The average molecular weight is 442 g/mol. The molecule has 2 N–H and O–H groups in total. The van der Waals surface area contributed by atoms with Crippen molar-refractivity contribution in [3.8, 4) is 0 Å². The molecule has 1 saturated carbocycles. The topological polar surface area (TPSA) is 70.7 Å². The Kier molecular flexibility index (Phi) is 6.97. The van der Waals surface area contributed by atoms with Crippen molar-refractivity contribution in [2.45, 2.75) is 64.3 Å². The van der Waals surface area contributed by atoms with Gasteiger partial charge in [-0.15, -0.1) is 0 Å². The number of ether oxygens (including phenoxy) is 1. The maximum absolute atomic E-state index is 13.3. The van der Waals surface area contributed by atoms with Gasteiger partial charge >= 0.3 is 6.09 Å². The number of alkyl carbamates (subject to hydrolysis) is 1. The second-order valence-corrected chi connectivity index (χ2v) is 9.63. The summed E-state index contributed by atoms with van der Waals surface area (Å²) in [5.41, 5.74) is 0.298. The second kappa shape index (κ2) is 9.11. The number of hydrogen-bond donors (Lipinski definition) is 2. The number of piperidine rings is 1. The normalized spacial score (nSPS) is 22.1. The molecular weight excluding hydrogens is 413 g/mol. The summed E-state index contributed by atoms with van der Waals surface area (Å²) in [6, 6.07) is 5.60. The molecule has 2 amide bonds. The molecule has 1 aromatic rings. The van der Waals surface area contributed by atoms with E-state index < -0.39 is 11.7 Å². The zero-order valence-corrected chi connectivity index (χ0v) is 18.6. The molecule has 1 heterocycles. The van der Waals surface area contributed by atoms with Gasteiger partial charge in [0.05, 0.1) is 16.0 Å².